The number of carbonyl (C=O) groups excluding carboxylic acids is 2. The van der Waals surface area contributed by atoms with Gasteiger partial charge in [-0.05, 0) is 53.0 Å². The number of esters is 2. The maximum Gasteiger partial charge on any atom is 0.334 e. The van der Waals surface area contributed by atoms with Crippen molar-refractivity contribution in [3.05, 3.63) is 60.6 Å². The Morgan fingerprint density at radius 3 is 1.72 bits per heavy atom. The molecule has 0 radical (unpaired) electrons. The predicted octanol–water partition coefficient (Wildman–Crippen LogP) is 5.89. The zero-order valence-corrected chi connectivity index (χ0v) is 20.6. The van der Waals surface area contributed by atoms with E-state index in [1.165, 1.54) is 24.7 Å². The third-order valence-electron chi connectivity index (χ3n) is 4.08. The molecule has 178 valence electrons. The monoisotopic (exact) mass is 446 g/mol. The van der Waals surface area contributed by atoms with Gasteiger partial charge >= 0.3 is 11.9 Å². The zero-order chi connectivity index (χ0) is 24.4. The Morgan fingerprint density at radius 1 is 0.812 bits per heavy atom. The Hall–Kier alpha value is -2.76. The molecule has 0 saturated carbocycles. The average molecular weight is 447 g/mol. The van der Waals surface area contributed by atoms with Gasteiger partial charge in [0.2, 0.25) is 0 Å². The van der Waals surface area contributed by atoms with Gasteiger partial charge in [-0.2, -0.15) is 0 Å². The lowest BCUT2D eigenvalue weighted by Gasteiger charge is -2.26. The fourth-order valence-corrected chi connectivity index (χ4v) is 2.69. The Bertz CT molecular complexity index is 766. The summed E-state index contributed by atoms with van der Waals surface area (Å²) in [6.07, 6.45) is 5.22. The molecule has 0 bridgehead atoms. The first kappa shape index (κ1) is 27.3. The molecule has 0 N–H and O–H groups in total. The van der Waals surface area contributed by atoms with E-state index in [2.05, 4.69) is 0 Å². The van der Waals surface area contributed by atoms with Crippen molar-refractivity contribution in [2.45, 2.75) is 85.2 Å². The number of benzene rings is 1. The van der Waals surface area contributed by atoms with E-state index in [9.17, 15) is 9.59 Å². The number of hydrogen-bond acceptors (Lipinski definition) is 6. The summed E-state index contributed by atoms with van der Waals surface area (Å²) in [5.74, 6) is -0.777. The summed E-state index contributed by atoms with van der Waals surface area (Å²) < 4.78 is 22.3. The first-order valence-electron chi connectivity index (χ1n) is 10.9. The van der Waals surface area contributed by atoms with Crippen molar-refractivity contribution >= 4 is 11.9 Å². The van der Waals surface area contributed by atoms with E-state index in [1.54, 1.807) is 0 Å². The largest absolute Gasteiger partial charge is 0.497 e. The minimum Gasteiger partial charge on any atom is -0.497 e. The van der Waals surface area contributed by atoms with E-state index in [0.717, 1.165) is 5.56 Å². The maximum absolute atomic E-state index is 11.9. The molecule has 0 spiro atoms. The standard InChI is InChI=1S/C26H38O6/c1-19(2)21(29-16-14-23(27)31-25(3,4)5)18-22(20-12-10-9-11-13-20)30-17-15-24(28)32-26(6,7)8/h9-17,19,21-22H,18H2,1-8H3/b16-14+,17-15+/t21-,22-/m0/s1. The van der Waals surface area contributed by atoms with Gasteiger partial charge in [-0.1, -0.05) is 44.2 Å². The predicted molar refractivity (Wildman–Crippen MR) is 125 cm³/mol. The Balaban J connectivity index is 2.87. The number of carbonyl (C=O) groups is 2. The Labute approximate surface area is 192 Å². The van der Waals surface area contributed by atoms with Crippen LogP contribution in [-0.2, 0) is 28.5 Å². The Morgan fingerprint density at radius 2 is 1.28 bits per heavy atom. The van der Waals surface area contributed by atoms with E-state index in [0.29, 0.717) is 6.42 Å². The lowest BCUT2D eigenvalue weighted by molar-refractivity contribution is -0.149. The lowest BCUT2D eigenvalue weighted by Crippen LogP contribution is -2.24. The normalized spacial score (nSPS) is 14.4. The van der Waals surface area contributed by atoms with Crippen LogP contribution in [0.25, 0.3) is 0 Å². The van der Waals surface area contributed by atoms with E-state index in [-0.39, 0.29) is 18.1 Å². The Kier molecular flexibility index (Phi) is 10.5. The van der Waals surface area contributed by atoms with Crippen LogP contribution in [0.15, 0.2) is 55.0 Å². The first-order chi connectivity index (χ1) is 14.8. The lowest BCUT2D eigenvalue weighted by atomic mass is 9.96. The molecule has 32 heavy (non-hydrogen) atoms. The van der Waals surface area contributed by atoms with E-state index in [4.69, 9.17) is 18.9 Å². The molecule has 0 unspecified atom stereocenters. The second kappa shape index (κ2) is 12.3. The highest BCUT2D eigenvalue weighted by Crippen LogP contribution is 2.27. The molecule has 1 aromatic rings. The van der Waals surface area contributed by atoms with Gasteiger partial charge in [0.05, 0.1) is 24.7 Å². The summed E-state index contributed by atoms with van der Waals surface area (Å²) in [5, 5.41) is 0. The summed E-state index contributed by atoms with van der Waals surface area (Å²) >= 11 is 0. The quantitative estimate of drug-likeness (QED) is 0.254. The highest BCUT2D eigenvalue weighted by Gasteiger charge is 2.23. The van der Waals surface area contributed by atoms with Crippen LogP contribution >= 0.6 is 0 Å². The molecule has 6 heteroatoms. The molecule has 1 rings (SSSR count). The van der Waals surface area contributed by atoms with Crippen LogP contribution in [0.5, 0.6) is 0 Å². The van der Waals surface area contributed by atoms with Crippen molar-refractivity contribution in [1.29, 1.82) is 0 Å². The molecule has 0 saturated heterocycles. The molecule has 0 fully saturated rings. The number of rotatable bonds is 10. The molecule has 2 atom stereocenters. The van der Waals surface area contributed by atoms with Crippen molar-refractivity contribution in [2.24, 2.45) is 5.92 Å². The van der Waals surface area contributed by atoms with Crippen molar-refractivity contribution in [1.82, 2.24) is 0 Å². The fourth-order valence-electron chi connectivity index (χ4n) is 2.69. The van der Waals surface area contributed by atoms with E-state index in [1.807, 2.05) is 85.7 Å². The third-order valence-corrected chi connectivity index (χ3v) is 4.08. The van der Waals surface area contributed by atoms with Crippen LogP contribution in [0.1, 0.15) is 73.5 Å². The summed E-state index contributed by atoms with van der Waals surface area (Å²) in [6, 6.07) is 9.70. The van der Waals surface area contributed by atoms with E-state index < -0.39 is 23.1 Å². The molecular formula is C26H38O6. The summed E-state index contributed by atoms with van der Waals surface area (Å²) in [6.45, 7) is 14.9. The summed E-state index contributed by atoms with van der Waals surface area (Å²) in [4.78, 5) is 23.8. The molecular weight excluding hydrogens is 408 g/mol. The second-order valence-electron chi connectivity index (χ2n) is 9.86. The minimum atomic E-state index is -0.572. The summed E-state index contributed by atoms with van der Waals surface area (Å²) in [7, 11) is 0. The SMILES string of the molecule is CC(C)[C@H](C[C@H](O/C=C/C(=O)OC(C)(C)C)c1ccccc1)O/C=C/C(=O)OC(C)(C)C. The van der Waals surface area contributed by atoms with Gasteiger partial charge in [0.25, 0.3) is 0 Å². The van der Waals surface area contributed by atoms with Gasteiger partial charge in [-0.15, -0.1) is 0 Å². The topological polar surface area (TPSA) is 71.1 Å². The maximum atomic E-state index is 11.9. The number of ether oxygens (including phenoxy) is 4. The van der Waals surface area contributed by atoms with Crippen LogP contribution in [0, 0.1) is 5.92 Å². The molecule has 6 nitrogen and oxygen atoms in total. The van der Waals surface area contributed by atoms with Crippen LogP contribution in [0.4, 0.5) is 0 Å². The molecule has 0 aliphatic carbocycles. The van der Waals surface area contributed by atoms with Gasteiger partial charge in [0, 0.05) is 6.42 Å². The van der Waals surface area contributed by atoms with Crippen molar-refractivity contribution < 1.29 is 28.5 Å². The third kappa shape index (κ3) is 12.2. The van der Waals surface area contributed by atoms with E-state index >= 15 is 0 Å². The fraction of sp³-hybridized carbons (Fsp3) is 0.538. The van der Waals surface area contributed by atoms with Crippen LogP contribution < -0.4 is 0 Å². The minimum absolute atomic E-state index is 0.155. The number of hydrogen-bond donors (Lipinski definition) is 0. The highest BCUT2D eigenvalue weighted by atomic mass is 16.6. The van der Waals surface area contributed by atoms with Crippen LogP contribution in [0.2, 0.25) is 0 Å². The molecule has 0 heterocycles. The molecule has 0 amide bonds. The molecule has 1 aromatic carbocycles. The van der Waals surface area contributed by atoms with Crippen LogP contribution in [-0.4, -0.2) is 29.2 Å². The summed E-state index contributed by atoms with van der Waals surface area (Å²) in [5.41, 5.74) is -0.185. The van der Waals surface area contributed by atoms with Crippen LogP contribution in [0.3, 0.4) is 0 Å². The molecule has 0 aliphatic heterocycles. The van der Waals surface area contributed by atoms with Gasteiger partial charge < -0.3 is 18.9 Å². The first-order valence-corrected chi connectivity index (χ1v) is 10.9. The highest BCUT2D eigenvalue weighted by molar-refractivity contribution is 5.82. The van der Waals surface area contributed by atoms with Gasteiger partial charge in [0.15, 0.2) is 0 Å². The van der Waals surface area contributed by atoms with Gasteiger partial charge in [0.1, 0.15) is 23.4 Å². The average Bonchev–Trinajstić information content (AvgIpc) is 2.63. The van der Waals surface area contributed by atoms with Gasteiger partial charge in [-0.3, -0.25) is 0 Å². The van der Waals surface area contributed by atoms with Crippen molar-refractivity contribution in [2.75, 3.05) is 0 Å². The van der Waals surface area contributed by atoms with Crippen molar-refractivity contribution in [3.8, 4) is 0 Å². The molecule has 0 aliphatic rings. The molecule has 0 aromatic heterocycles. The zero-order valence-electron chi connectivity index (χ0n) is 20.6. The second-order valence-corrected chi connectivity index (χ2v) is 9.86. The van der Waals surface area contributed by atoms with Gasteiger partial charge in [-0.25, -0.2) is 9.59 Å². The van der Waals surface area contributed by atoms with Crippen molar-refractivity contribution in [3.63, 3.8) is 0 Å². The smallest absolute Gasteiger partial charge is 0.334 e.